The Morgan fingerprint density at radius 2 is 2.00 bits per heavy atom. The van der Waals surface area contributed by atoms with Crippen molar-refractivity contribution < 1.29 is 27.8 Å². The van der Waals surface area contributed by atoms with Crippen LogP contribution in [-0.4, -0.2) is 28.2 Å². The first-order valence-electron chi connectivity index (χ1n) is 5.00. The van der Waals surface area contributed by atoms with Gasteiger partial charge < -0.3 is 9.84 Å². The maximum Gasteiger partial charge on any atom is 0.434 e. The van der Waals surface area contributed by atoms with Gasteiger partial charge in [-0.15, -0.1) is 0 Å². The molecule has 19 heavy (non-hydrogen) atoms. The largest absolute Gasteiger partial charge is 0.494 e. The number of para-hydroxylation sites is 1. The summed E-state index contributed by atoms with van der Waals surface area (Å²) in [6, 6.07) is 3.90. The van der Waals surface area contributed by atoms with Gasteiger partial charge in [0, 0.05) is 5.39 Å². The van der Waals surface area contributed by atoms with Crippen LogP contribution in [0, 0.1) is 0 Å². The van der Waals surface area contributed by atoms with E-state index in [4.69, 9.17) is 9.84 Å². The molecule has 1 N–H and O–H groups in total. The lowest BCUT2D eigenvalue weighted by atomic mass is 10.1. The molecule has 0 aliphatic rings. The summed E-state index contributed by atoms with van der Waals surface area (Å²) in [6.45, 7) is 0. The number of carboxylic acids is 1. The van der Waals surface area contributed by atoms with Crippen LogP contribution in [0.25, 0.3) is 10.9 Å². The summed E-state index contributed by atoms with van der Waals surface area (Å²) in [4.78, 5) is 17.4. The Balaban J connectivity index is 2.90. The van der Waals surface area contributed by atoms with Gasteiger partial charge in [0.1, 0.15) is 11.3 Å². The van der Waals surface area contributed by atoms with Crippen LogP contribution in [0.4, 0.5) is 13.2 Å². The zero-order valence-electron chi connectivity index (χ0n) is 9.52. The van der Waals surface area contributed by atoms with Crippen molar-refractivity contribution in [2.45, 2.75) is 6.18 Å². The van der Waals surface area contributed by atoms with Gasteiger partial charge in [-0.25, -0.2) is 14.8 Å². The number of nitrogens with zero attached hydrogens (tertiary/aromatic N) is 2. The number of ether oxygens (including phenoxy) is 1. The average molecular weight is 272 g/mol. The molecule has 0 aliphatic carbocycles. The number of rotatable bonds is 2. The van der Waals surface area contributed by atoms with Crippen molar-refractivity contribution in [1.82, 2.24) is 9.97 Å². The number of hydrogen-bond donors (Lipinski definition) is 1. The molecule has 0 bridgehead atoms. The van der Waals surface area contributed by atoms with Gasteiger partial charge in [0.25, 0.3) is 0 Å². The van der Waals surface area contributed by atoms with Crippen molar-refractivity contribution in [2.24, 2.45) is 0 Å². The van der Waals surface area contributed by atoms with E-state index in [1.807, 2.05) is 0 Å². The van der Waals surface area contributed by atoms with Gasteiger partial charge in [0.2, 0.25) is 5.82 Å². The quantitative estimate of drug-likeness (QED) is 0.908. The maximum absolute atomic E-state index is 12.9. The number of hydrogen-bond acceptors (Lipinski definition) is 4. The molecule has 100 valence electrons. The second-order valence-electron chi connectivity index (χ2n) is 3.56. The van der Waals surface area contributed by atoms with Gasteiger partial charge in [-0.05, 0) is 6.07 Å². The third-order valence-electron chi connectivity index (χ3n) is 2.37. The Hall–Kier alpha value is -2.38. The fraction of sp³-hybridized carbons (Fsp3) is 0.182. The molecule has 0 aliphatic heterocycles. The van der Waals surface area contributed by atoms with Gasteiger partial charge in [-0.1, -0.05) is 12.1 Å². The second-order valence-corrected chi connectivity index (χ2v) is 3.56. The number of carbonyl (C=O) groups is 1. The Morgan fingerprint density at radius 1 is 1.32 bits per heavy atom. The van der Waals surface area contributed by atoms with Gasteiger partial charge >= 0.3 is 12.1 Å². The molecule has 5 nitrogen and oxygen atoms in total. The van der Waals surface area contributed by atoms with Gasteiger partial charge in [-0.3, -0.25) is 0 Å². The van der Waals surface area contributed by atoms with E-state index in [0.29, 0.717) is 0 Å². The first-order valence-corrected chi connectivity index (χ1v) is 5.00. The predicted octanol–water partition coefficient (Wildman–Crippen LogP) is 2.36. The van der Waals surface area contributed by atoms with E-state index in [0.717, 1.165) is 6.07 Å². The third kappa shape index (κ3) is 2.28. The number of fused-ring (bicyclic) bond motifs is 1. The lowest BCUT2D eigenvalue weighted by molar-refractivity contribution is -0.139. The molecule has 1 heterocycles. The van der Waals surface area contributed by atoms with E-state index >= 15 is 0 Å². The van der Waals surface area contributed by atoms with Crippen LogP contribution in [0.2, 0.25) is 0 Å². The molecule has 2 aromatic rings. The highest BCUT2D eigenvalue weighted by Crippen LogP contribution is 2.35. The highest BCUT2D eigenvalue weighted by molar-refractivity contribution is 5.91. The smallest absolute Gasteiger partial charge is 0.434 e. The number of alkyl halides is 3. The van der Waals surface area contributed by atoms with Crippen molar-refractivity contribution in [1.29, 1.82) is 0 Å². The maximum atomic E-state index is 12.9. The van der Waals surface area contributed by atoms with E-state index in [1.165, 1.54) is 19.2 Å². The number of halogens is 3. The molecule has 0 fully saturated rings. The first-order chi connectivity index (χ1) is 8.84. The minimum atomic E-state index is -4.78. The molecule has 0 amide bonds. The number of carboxylic acid groups (broad SMARTS) is 1. The molecule has 8 heteroatoms. The van der Waals surface area contributed by atoms with Crippen LogP contribution in [0.3, 0.4) is 0 Å². The molecule has 2 rings (SSSR count). The minimum absolute atomic E-state index is 0.0490. The molecule has 0 unspecified atom stereocenters. The fourth-order valence-electron chi connectivity index (χ4n) is 1.60. The normalized spacial score (nSPS) is 11.6. The first kappa shape index (κ1) is 13.1. The molecule has 0 radical (unpaired) electrons. The van der Waals surface area contributed by atoms with Gasteiger partial charge in [0.15, 0.2) is 5.69 Å². The van der Waals surface area contributed by atoms with Crippen LogP contribution in [0.15, 0.2) is 18.2 Å². The predicted molar refractivity (Wildman–Crippen MR) is 58.1 cm³/mol. The fourth-order valence-corrected chi connectivity index (χ4v) is 1.60. The summed E-state index contributed by atoms with van der Waals surface area (Å²) >= 11 is 0. The molecule has 0 saturated carbocycles. The van der Waals surface area contributed by atoms with Gasteiger partial charge in [0.05, 0.1) is 7.11 Å². The summed E-state index contributed by atoms with van der Waals surface area (Å²) in [5, 5.41) is 8.46. The summed E-state index contributed by atoms with van der Waals surface area (Å²) in [6.07, 6.45) is -4.78. The van der Waals surface area contributed by atoms with E-state index in [2.05, 4.69) is 9.97 Å². The summed E-state index contributed by atoms with van der Waals surface area (Å²) < 4.78 is 43.5. The zero-order valence-corrected chi connectivity index (χ0v) is 9.52. The highest BCUT2D eigenvalue weighted by atomic mass is 19.4. The van der Waals surface area contributed by atoms with E-state index < -0.39 is 23.7 Å². The van der Waals surface area contributed by atoms with E-state index in [1.54, 1.807) is 0 Å². The second kappa shape index (κ2) is 4.38. The Morgan fingerprint density at radius 3 is 2.53 bits per heavy atom. The minimum Gasteiger partial charge on any atom is -0.494 e. The van der Waals surface area contributed by atoms with Crippen molar-refractivity contribution >= 4 is 16.9 Å². The molecule has 0 spiro atoms. The Bertz CT molecular complexity index is 655. The SMILES string of the molecule is COc1cccc2c(C(F)(F)F)nc(C(=O)O)nc12. The van der Waals surface area contributed by atoms with E-state index in [-0.39, 0.29) is 16.7 Å². The molecular formula is C11H7F3N2O3. The Kier molecular flexibility index (Phi) is 3.01. The van der Waals surface area contributed by atoms with Crippen molar-refractivity contribution in [3.8, 4) is 5.75 Å². The van der Waals surface area contributed by atoms with Crippen molar-refractivity contribution in [3.63, 3.8) is 0 Å². The molecule has 1 aromatic carbocycles. The molecule has 0 saturated heterocycles. The topological polar surface area (TPSA) is 72.3 Å². The average Bonchev–Trinajstić information content (AvgIpc) is 2.35. The van der Waals surface area contributed by atoms with Crippen molar-refractivity contribution in [2.75, 3.05) is 7.11 Å². The van der Waals surface area contributed by atoms with Crippen LogP contribution < -0.4 is 4.74 Å². The van der Waals surface area contributed by atoms with Crippen LogP contribution >= 0.6 is 0 Å². The number of methoxy groups -OCH3 is 1. The highest BCUT2D eigenvalue weighted by Gasteiger charge is 2.36. The Labute approximate surface area is 104 Å². The third-order valence-corrected chi connectivity index (χ3v) is 2.37. The summed E-state index contributed by atoms with van der Waals surface area (Å²) in [5.41, 5.74) is -1.49. The lowest BCUT2D eigenvalue weighted by Gasteiger charge is -2.11. The number of benzene rings is 1. The van der Waals surface area contributed by atoms with E-state index in [9.17, 15) is 18.0 Å². The molecule has 0 atom stereocenters. The monoisotopic (exact) mass is 272 g/mol. The van der Waals surface area contributed by atoms with Crippen molar-refractivity contribution in [3.05, 3.63) is 29.7 Å². The standard InChI is InChI=1S/C11H7F3N2O3/c1-19-6-4-2-3-5-7(6)15-9(10(17)18)16-8(5)11(12,13)14/h2-4H,1H3,(H,17,18). The van der Waals surface area contributed by atoms with Gasteiger partial charge in [-0.2, -0.15) is 13.2 Å². The van der Waals surface area contributed by atoms with Crippen LogP contribution in [0.5, 0.6) is 5.75 Å². The van der Waals surface area contributed by atoms with Crippen LogP contribution in [0.1, 0.15) is 16.3 Å². The van der Waals surface area contributed by atoms with Crippen LogP contribution in [-0.2, 0) is 6.18 Å². The summed E-state index contributed by atoms with van der Waals surface area (Å²) in [5.74, 6) is -2.52. The number of aromatic nitrogens is 2. The molecule has 1 aromatic heterocycles. The molecular weight excluding hydrogens is 265 g/mol. The number of aromatic carboxylic acids is 1. The zero-order chi connectivity index (χ0) is 14.2. The lowest BCUT2D eigenvalue weighted by Crippen LogP contribution is -2.15. The summed E-state index contributed by atoms with van der Waals surface area (Å²) in [7, 11) is 1.25.